The lowest BCUT2D eigenvalue weighted by Gasteiger charge is -2.21. The van der Waals surface area contributed by atoms with E-state index in [9.17, 15) is 9.59 Å². The first kappa shape index (κ1) is 17.6. The Labute approximate surface area is 132 Å². The Kier molecular flexibility index (Phi) is 5.49. The standard InChI is InChI=1S/C13H20BrN3O4/c1-6-20-11(19)13(4,5)17-7-9(15-16-17)8-21-10(18)12(2,3)14/h7H,6,8H2,1-5H3. The van der Waals surface area contributed by atoms with Crippen LogP contribution in [0.15, 0.2) is 6.20 Å². The first-order valence-electron chi connectivity index (χ1n) is 6.54. The lowest BCUT2D eigenvalue weighted by atomic mass is 10.1. The predicted octanol–water partition coefficient (Wildman–Crippen LogP) is 1.79. The molecule has 8 heteroatoms. The molecule has 118 valence electrons. The summed E-state index contributed by atoms with van der Waals surface area (Å²) in [5.41, 5.74) is -0.516. The summed E-state index contributed by atoms with van der Waals surface area (Å²) >= 11 is 3.21. The lowest BCUT2D eigenvalue weighted by molar-refractivity contribution is -0.152. The third-order valence-corrected chi connectivity index (χ3v) is 3.05. The summed E-state index contributed by atoms with van der Waals surface area (Å²) in [6.45, 7) is 8.76. The van der Waals surface area contributed by atoms with E-state index < -0.39 is 21.8 Å². The van der Waals surface area contributed by atoms with Crippen LogP contribution in [-0.2, 0) is 31.2 Å². The number of hydrogen-bond donors (Lipinski definition) is 0. The zero-order valence-corrected chi connectivity index (χ0v) is 14.4. The Morgan fingerprint density at radius 3 is 2.38 bits per heavy atom. The first-order chi connectivity index (χ1) is 9.59. The van der Waals surface area contributed by atoms with Gasteiger partial charge in [0.1, 0.15) is 16.6 Å². The van der Waals surface area contributed by atoms with Crippen molar-refractivity contribution in [3.63, 3.8) is 0 Å². The highest BCUT2D eigenvalue weighted by atomic mass is 79.9. The molecule has 0 aliphatic rings. The summed E-state index contributed by atoms with van der Waals surface area (Å²) in [4.78, 5) is 23.5. The van der Waals surface area contributed by atoms with Crippen molar-refractivity contribution in [2.45, 2.75) is 51.1 Å². The minimum absolute atomic E-state index is 0.00717. The summed E-state index contributed by atoms with van der Waals surface area (Å²) in [6.07, 6.45) is 1.56. The van der Waals surface area contributed by atoms with Gasteiger partial charge in [-0.3, -0.25) is 4.79 Å². The van der Waals surface area contributed by atoms with Gasteiger partial charge in [-0.2, -0.15) is 0 Å². The van der Waals surface area contributed by atoms with Gasteiger partial charge in [0, 0.05) is 0 Å². The molecule has 0 saturated heterocycles. The van der Waals surface area contributed by atoms with Gasteiger partial charge in [-0.1, -0.05) is 21.1 Å². The Morgan fingerprint density at radius 2 is 1.86 bits per heavy atom. The van der Waals surface area contributed by atoms with Crippen molar-refractivity contribution in [2.24, 2.45) is 0 Å². The highest BCUT2D eigenvalue weighted by Gasteiger charge is 2.33. The number of nitrogens with zero attached hydrogens (tertiary/aromatic N) is 3. The smallest absolute Gasteiger partial charge is 0.333 e. The van der Waals surface area contributed by atoms with Crippen LogP contribution in [0, 0.1) is 0 Å². The number of aromatic nitrogens is 3. The van der Waals surface area contributed by atoms with Gasteiger partial charge in [0.15, 0.2) is 5.54 Å². The molecule has 1 rings (SSSR count). The SMILES string of the molecule is CCOC(=O)C(C)(C)n1cc(COC(=O)C(C)(C)Br)nn1. The molecule has 0 atom stereocenters. The van der Waals surface area contributed by atoms with Crippen molar-refractivity contribution < 1.29 is 19.1 Å². The molecule has 0 spiro atoms. The second kappa shape index (κ2) is 6.55. The first-order valence-corrected chi connectivity index (χ1v) is 7.33. The average Bonchev–Trinajstić information content (AvgIpc) is 2.84. The zero-order valence-electron chi connectivity index (χ0n) is 12.8. The highest BCUT2D eigenvalue weighted by Crippen LogP contribution is 2.19. The summed E-state index contributed by atoms with van der Waals surface area (Å²) < 4.78 is 10.7. The normalized spacial score (nSPS) is 12.1. The molecule has 0 aliphatic heterocycles. The van der Waals surface area contributed by atoms with E-state index in [1.54, 1.807) is 40.8 Å². The van der Waals surface area contributed by atoms with E-state index in [0.717, 1.165) is 0 Å². The van der Waals surface area contributed by atoms with E-state index in [0.29, 0.717) is 12.3 Å². The molecule has 0 saturated carbocycles. The molecule has 1 aromatic rings. The van der Waals surface area contributed by atoms with Crippen LogP contribution in [-0.4, -0.2) is 37.9 Å². The maximum atomic E-state index is 11.9. The molecule has 0 amide bonds. The minimum atomic E-state index is -0.972. The topological polar surface area (TPSA) is 83.3 Å². The third-order valence-electron chi connectivity index (χ3n) is 2.73. The molecule has 1 aromatic heterocycles. The zero-order chi connectivity index (χ0) is 16.3. The van der Waals surface area contributed by atoms with Gasteiger partial charge in [0.05, 0.1) is 12.8 Å². The average molecular weight is 362 g/mol. The molecule has 0 fully saturated rings. The van der Waals surface area contributed by atoms with Crippen LogP contribution in [0.2, 0.25) is 0 Å². The van der Waals surface area contributed by atoms with Crippen LogP contribution in [0.25, 0.3) is 0 Å². The quantitative estimate of drug-likeness (QED) is 0.567. The van der Waals surface area contributed by atoms with Crippen molar-refractivity contribution in [3.8, 4) is 0 Å². The highest BCUT2D eigenvalue weighted by molar-refractivity contribution is 9.10. The fourth-order valence-corrected chi connectivity index (χ4v) is 1.46. The van der Waals surface area contributed by atoms with E-state index >= 15 is 0 Å². The predicted molar refractivity (Wildman–Crippen MR) is 78.8 cm³/mol. The molecular formula is C13H20BrN3O4. The second-order valence-electron chi connectivity index (χ2n) is 5.48. The summed E-state index contributed by atoms with van der Waals surface area (Å²) in [5.74, 6) is -0.804. The van der Waals surface area contributed by atoms with Gasteiger partial charge < -0.3 is 9.47 Å². The van der Waals surface area contributed by atoms with Gasteiger partial charge in [-0.05, 0) is 34.6 Å². The fraction of sp³-hybridized carbons (Fsp3) is 0.692. The Hall–Kier alpha value is -1.44. The summed E-state index contributed by atoms with van der Waals surface area (Å²) in [6, 6.07) is 0. The fourth-order valence-electron chi connectivity index (χ4n) is 1.35. The van der Waals surface area contributed by atoms with Crippen LogP contribution in [0.3, 0.4) is 0 Å². The molecule has 1 heterocycles. The van der Waals surface area contributed by atoms with Gasteiger partial charge >= 0.3 is 11.9 Å². The number of ether oxygens (including phenoxy) is 2. The molecular weight excluding hydrogens is 342 g/mol. The number of hydrogen-bond acceptors (Lipinski definition) is 6. The van der Waals surface area contributed by atoms with Crippen LogP contribution in [0.1, 0.15) is 40.3 Å². The van der Waals surface area contributed by atoms with E-state index in [1.807, 2.05) is 0 Å². The lowest BCUT2D eigenvalue weighted by Crippen LogP contribution is -2.38. The van der Waals surface area contributed by atoms with Crippen molar-refractivity contribution in [1.29, 1.82) is 0 Å². The third kappa shape index (κ3) is 4.52. The van der Waals surface area contributed by atoms with Crippen molar-refractivity contribution in [1.82, 2.24) is 15.0 Å². The van der Waals surface area contributed by atoms with Gasteiger partial charge in [0.2, 0.25) is 0 Å². The van der Waals surface area contributed by atoms with Crippen LogP contribution >= 0.6 is 15.9 Å². The van der Waals surface area contributed by atoms with Gasteiger partial charge in [0.25, 0.3) is 0 Å². The minimum Gasteiger partial charge on any atom is -0.464 e. The molecule has 7 nitrogen and oxygen atoms in total. The summed E-state index contributed by atoms with van der Waals surface area (Å²) in [5, 5.41) is 7.79. The van der Waals surface area contributed by atoms with Crippen LogP contribution in [0.4, 0.5) is 0 Å². The number of carbonyl (C=O) groups is 2. The molecule has 0 N–H and O–H groups in total. The number of carbonyl (C=O) groups excluding carboxylic acids is 2. The molecule has 0 bridgehead atoms. The molecule has 0 unspecified atom stereocenters. The Balaban J connectivity index is 2.73. The monoisotopic (exact) mass is 361 g/mol. The molecule has 0 aromatic carbocycles. The van der Waals surface area contributed by atoms with E-state index in [-0.39, 0.29) is 6.61 Å². The van der Waals surface area contributed by atoms with Crippen molar-refractivity contribution >= 4 is 27.9 Å². The maximum Gasteiger partial charge on any atom is 0.333 e. The van der Waals surface area contributed by atoms with Crippen molar-refractivity contribution in [3.05, 3.63) is 11.9 Å². The number of esters is 2. The maximum absolute atomic E-state index is 11.9. The van der Waals surface area contributed by atoms with Crippen LogP contribution < -0.4 is 0 Å². The van der Waals surface area contributed by atoms with Crippen LogP contribution in [0.5, 0.6) is 0 Å². The number of rotatable bonds is 6. The van der Waals surface area contributed by atoms with Gasteiger partial charge in [-0.15, -0.1) is 5.10 Å². The molecule has 0 radical (unpaired) electrons. The Morgan fingerprint density at radius 1 is 1.24 bits per heavy atom. The van der Waals surface area contributed by atoms with E-state index in [2.05, 4.69) is 26.2 Å². The number of halogens is 1. The summed E-state index contributed by atoms with van der Waals surface area (Å²) in [7, 11) is 0. The molecule has 21 heavy (non-hydrogen) atoms. The van der Waals surface area contributed by atoms with Gasteiger partial charge in [-0.25, -0.2) is 9.48 Å². The van der Waals surface area contributed by atoms with E-state index in [4.69, 9.17) is 9.47 Å². The molecule has 0 aliphatic carbocycles. The Bertz CT molecular complexity index is 520. The van der Waals surface area contributed by atoms with Crippen molar-refractivity contribution in [2.75, 3.05) is 6.61 Å². The number of alkyl halides is 1. The van der Waals surface area contributed by atoms with E-state index in [1.165, 1.54) is 4.68 Å². The largest absolute Gasteiger partial charge is 0.464 e. The second-order valence-corrected chi connectivity index (χ2v) is 7.47.